The summed E-state index contributed by atoms with van der Waals surface area (Å²) in [6.45, 7) is 14.5. The molecule has 0 unspecified atom stereocenters. The smallest absolute Gasteiger partial charge is 0.0159 e. The van der Waals surface area contributed by atoms with Gasteiger partial charge in [-0.2, -0.15) is 0 Å². The molecule has 0 radical (unpaired) electrons. The molecule has 0 amide bonds. The van der Waals surface area contributed by atoms with Crippen LogP contribution in [0.15, 0.2) is 182 Å². The first-order valence-corrected chi connectivity index (χ1v) is 22.7. The number of fused-ring (bicyclic) bond motifs is 14. The molecular weight excluding hydrogens is 757 g/mol. The van der Waals surface area contributed by atoms with E-state index in [1.165, 1.54) is 132 Å². The highest BCUT2D eigenvalue weighted by Crippen LogP contribution is 2.58. The molecule has 0 heteroatoms. The summed E-state index contributed by atoms with van der Waals surface area (Å²) in [4.78, 5) is 0. The van der Waals surface area contributed by atoms with Gasteiger partial charge in [-0.05, 0) is 163 Å². The van der Waals surface area contributed by atoms with E-state index in [-0.39, 0.29) is 16.2 Å². The maximum Gasteiger partial charge on any atom is 0.0159 e. The Morgan fingerprint density at radius 3 is 1.25 bits per heavy atom. The molecule has 0 aliphatic heterocycles. The summed E-state index contributed by atoms with van der Waals surface area (Å²) in [6.07, 6.45) is 0. The second-order valence-electron chi connectivity index (χ2n) is 20.0. The molecule has 0 atom stereocenters. The molecule has 10 aromatic carbocycles. The SMILES string of the molecule is CC1(C)c2ccccc2-c2ccc(-c3ccc4c(c3)C(C)(C)c3cc(-c5cc6c(c7ccccc57)-c5c(cc(-c7cccc8ccccc78)c7ccccc57)C6(C)C)ccc3-4)cc21. The van der Waals surface area contributed by atoms with Crippen LogP contribution in [0, 0.1) is 0 Å². The Bertz CT molecular complexity index is 3640. The number of hydrogen-bond acceptors (Lipinski definition) is 0. The third kappa shape index (κ3) is 4.87. The Morgan fingerprint density at radius 2 is 0.635 bits per heavy atom. The van der Waals surface area contributed by atoms with Crippen molar-refractivity contribution in [3.8, 4) is 66.8 Å². The Hall–Kier alpha value is -7.02. The predicted molar refractivity (Wildman–Crippen MR) is 268 cm³/mol. The predicted octanol–water partition coefficient (Wildman–Crippen LogP) is 17.1. The first-order valence-electron chi connectivity index (χ1n) is 22.7. The Morgan fingerprint density at radius 1 is 0.238 bits per heavy atom. The zero-order valence-electron chi connectivity index (χ0n) is 36.8. The molecular formula is C63H48. The van der Waals surface area contributed by atoms with Gasteiger partial charge < -0.3 is 0 Å². The van der Waals surface area contributed by atoms with Crippen molar-refractivity contribution in [2.75, 3.05) is 0 Å². The van der Waals surface area contributed by atoms with E-state index in [2.05, 4.69) is 224 Å². The summed E-state index contributed by atoms with van der Waals surface area (Å²) < 4.78 is 0. The minimum atomic E-state index is -0.217. The molecule has 300 valence electrons. The Balaban J connectivity index is 0.941. The van der Waals surface area contributed by atoms with Gasteiger partial charge in [-0.1, -0.05) is 193 Å². The minimum absolute atomic E-state index is 0.0292. The topological polar surface area (TPSA) is 0 Å². The van der Waals surface area contributed by atoms with Gasteiger partial charge in [0.2, 0.25) is 0 Å². The van der Waals surface area contributed by atoms with Crippen LogP contribution < -0.4 is 0 Å². The molecule has 0 heterocycles. The van der Waals surface area contributed by atoms with E-state index in [9.17, 15) is 0 Å². The fourth-order valence-electron chi connectivity index (χ4n) is 12.3. The highest BCUT2D eigenvalue weighted by atomic mass is 14.4. The maximum absolute atomic E-state index is 2.55. The molecule has 3 aliphatic rings. The van der Waals surface area contributed by atoms with Gasteiger partial charge in [0.15, 0.2) is 0 Å². The van der Waals surface area contributed by atoms with E-state index in [1.807, 2.05) is 0 Å². The van der Waals surface area contributed by atoms with Gasteiger partial charge in [-0.25, -0.2) is 0 Å². The molecule has 0 nitrogen and oxygen atoms in total. The van der Waals surface area contributed by atoms with Crippen LogP contribution in [0.3, 0.4) is 0 Å². The first-order chi connectivity index (χ1) is 30.5. The van der Waals surface area contributed by atoms with Crippen LogP contribution in [0.2, 0.25) is 0 Å². The lowest BCUT2D eigenvalue weighted by atomic mass is 9.78. The second-order valence-corrected chi connectivity index (χ2v) is 20.0. The molecule has 13 rings (SSSR count). The van der Waals surface area contributed by atoms with Crippen molar-refractivity contribution in [2.45, 2.75) is 57.8 Å². The van der Waals surface area contributed by atoms with Gasteiger partial charge >= 0.3 is 0 Å². The summed E-state index contributed by atoms with van der Waals surface area (Å²) in [5.74, 6) is 0. The van der Waals surface area contributed by atoms with Crippen molar-refractivity contribution >= 4 is 32.3 Å². The summed E-state index contributed by atoms with van der Waals surface area (Å²) in [5, 5.41) is 7.83. The van der Waals surface area contributed by atoms with Gasteiger partial charge in [0.1, 0.15) is 0 Å². The average Bonchev–Trinajstić information content (AvgIpc) is 3.79. The standard InChI is InChI=1S/C63H48/c1-61(2)53-25-14-13-21-45(53)46-29-26-38(32-54(46)61)39-27-30-47-48-31-28-40(34-56(48)62(3,4)55(47)33-39)51-35-57-59(49-22-11-9-19-43(49)51)60-50-23-12-10-20-44(50)52(36-58(60)63(57,5)6)42-24-15-17-37-16-7-8-18-41(37)42/h7-36H,1-6H3. The highest BCUT2D eigenvalue weighted by molar-refractivity contribution is 6.18. The monoisotopic (exact) mass is 804 g/mol. The van der Waals surface area contributed by atoms with Crippen LogP contribution in [-0.4, -0.2) is 0 Å². The maximum atomic E-state index is 2.55. The highest BCUT2D eigenvalue weighted by Gasteiger charge is 2.41. The van der Waals surface area contributed by atoms with Crippen LogP contribution in [0.25, 0.3) is 99.1 Å². The fourth-order valence-corrected chi connectivity index (χ4v) is 12.3. The average molecular weight is 805 g/mol. The van der Waals surface area contributed by atoms with Crippen molar-refractivity contribution in [1.29, 1.82) is 0 Å². The summed E-state index contributed by atoms with van der Waals surface area (Å²) in [6, 6.07) is 69.5. The third-order valence-corrected chi connectivity index (χ3v) is 15.7. The largest absolute Gasteiger partial charge is 0.0619 e. The number of benzene rings is 10. The van der Waals surface area contributed by atoms with Crippen molar-refractivity contribution < 1.29 is 0 Å². The van der Waals surface area contributed by atoms with E-state index in [4.69, 9.17) is 0 Å². The van der Waals surface area contributed by atoms with Crippen molar-refractivity contribution in [3.63, 3.8) is 0 Å². The molecule has 10 aromatic rings. The van der Waals surface area contributed by atoms with Gasteiger partial charge in [0, 0.05) is 16.2 Å². The lowest BCUT2D eigenvalue weighted by Gasteiger charge is -2.25. The van der Waals surface area contributed by atoms with Crippen LogP contribution >= 0.6 is 0 Å². The van der Waals surface area contributed by atoms with E-state index in [0.717, 1.165) is 0 Å². The van der Waals surface area contributed by atoms with E-state index in [1.54, 1.807) is 0 Å². The fraction of sp³-hybridized carbons (Fsp3) is 0.143. The second kappa shape index (κ2) is 12.6. The lowest BCUT2D eigenvalue weighted by molar-refractivity contribution is 0.659. The quantitative estimate of drug-likeness (QED) is 0.167. The lowest BCUT2D eigenvalue weighted by Crippen LogP contribution is -2.16. The minimum Gasteiger partial charge on any atom is -0.0619 e. The van der Waals surface area contributed by atoms with Crippen molar-refractivity contribution in [3.05, 3.63) is 215 Å². The molecule has 0 spiro atoms. The molecule has 0 saturated carbocycles. The van der Waals surface area contributed by atoms with Crippen molar-refractivity contribution in [1.82, 2.24) is 0 Å². The van der Waals surface area contributed by atoms with Crippen LogP contribution in [0.1, 0.15) is 74.9 Å². The van der Waals surface area contributed by atoms with Crippen LogP contribution in [0.5, 0.6) is 0 Å². The van der Waals surface area contributed by atoms with Gasteiger partial charge in [-0.3, -0.25) is 0 Å². The zero-order chi connectivity index (χ0) is 42.6. The van der Waals surface area contributed by atoms with Gasteiger partial charge in [-0.15, -0.1) is 0 Å². The Kier molecular flexibility index (Phi) is 7.29. The summed E-state index contributed by atoms with van der Waals surface area (Å²) >= 11 is 0. The van der Waals surface area contributed by atoms with Gasteiger partial charge in [0.25, 0.3) is 0 Å². The normalized spacial score (nSPS) is 15.5. The number of rotatable bonds is 3. The third-order valence-electron chi connectivity index (χ3n) is 15.7. The molecule has 0 aromatic heterocycles. The summed E-state index contributed by atoms with van der Waals surface area (Å²) in [5.41, 5.74) is 24.0. The van der Waals surface area contributed by atoms with Crippen LogP contribution in [-0.2, 0) is 16.2 Å². The molecule has 63 heavy (non-hydrogen) atoms. The molecule has 0 fully saturated rings. The van der Waals surface area contributed by atoms with Crippen LogP contribution in [0.4, 0.5) is 0 Å². The molecule has 0 bridgehead atoms. The summed E-state index contributed by atoms with van der Waals surface area (Å²) in [7, 11) is 0. The molecule has 0 saturated heterocycles. The Labute approximate surface area is 370 Å². The van der Waals surface area contributed by atoms with E-state index in [0.29, 0.717) is 0 Å². The zero-order valence-corrected chi connectivity index (χ0v) is 36.8. The van der Waals surface area contributed by atoms with Gasteiger partial charge in [0.05, 0.1) is 0 Å². The molecule has 3 aliphatic carbocycles. The number of hydrogen-bond donors (Lipinski definition) is 0. The van der Waals surface area contributed by atoms with E-state index < -0.39 is 0 Å². The van der Waals surface area contributed by atoms with Crippen molar-refractivity contribution in [2.24, 2.45) is 0 Å². The van der Waals surface area contributed by atoms with E-state index >= 15 is 0 Å². The molecule has 0 N–H and O–H groups in total. The first kappa shape index (κ1) is 36.6.